The van der Waals surface area contributed by atoms with E-state index in [1.54, 1.807) is 29.1 Å². The molecule has 0 aliphatic rings. The predicted octanol–water partition coefficient (Wildman–Crippen LogP) is 3.20. The molecular weight excluding hydrogens is 324 g/mol. The summed E-state index contributed by atoms with van der Waals surface area (Å²) in [5, 5.41) is 7.81. The lowest BCUT2D eigenvalue weighted by molar-refractivity contribution is -0.117. The fourth-order valence-corrected chi connectivity index (χ4v) is 2.50. The lowest BCUT2D eigenvalue weighted by Gasteiger charge is -2.18. The molecule has 2 aromatic rings. The molecule has 6 heteroatoms. The topological polar surface area (TPSA) is 50.2 Å². The number of nitrogens with zero attached hydrogens (tertiary/aromatic N) is 3. The molecule has 0 fully saturated rings. The van der Waals surface area contributed by atoms with Crippen LogP contribution >= 0.6 is 11.6 Å². The van der Waals surface area contributed by atoms with E-state index in [0.29, 0.717) is 30.5 Å². The van der Waals surface area contributed by atoms with Crippen molar-refractivity contribution in [2.24, 2.45) is 0 Å². The minimum Gasteiger partial charge on any atom is -0.310 e. The standard InChI is InChI=1S/C18H21ClN4O/c1-3-11-22(12-4-2)14-18(24)21-17-9-10-20-23(17)13-15-7-5-6-8-16(15)19/h3-10H,1-2,11-14H2,(H,21,24). The molecule has 1 aromatic carbocycles. The van der Waals surface area contributed by atoms with Crippen LogP contribution in [0.5, 0.6) is 0 Å². The highest BCUT2D eigenvalue weighted by molar-refractivity contribution is 6.31. The molecule has 1 N–H and O–H groups in total. The summed E-state index contributed by atoms with van der Waals surface area (Å²) in [4.78, 5) is 14.2. The Kier molecular flexibility index (Phi) is 6.78. The highest BCUT2D eigenvalue weighted by Gasteiger charge is 2.12. The van der Waals surface area contributed by atoms with Crippen molar-refractivity contribution in [3.05, 3.63) is 72.4 Å². The Labute approximate surface area is 147 Å². The third kappa shape index (κ3) is 5.08. The van der Waals surface area contributed by atoms with Gasteiger partial charge in [0.25, 0.3) is 0 Å². The number of hydrogen-bond acceptors (Lipinski definition) is 3. The van der Waals surface area contributed by atoms with E-state index in [2.05, 4.69) is 23.6 Å². The summed E-state index contributed by atoms with van der Waals surface area (Å²) in [5.41, 5.74) is 0.943. The highest BCUT2D eigenvalue weighted by atomic mass is 35.5. The van der Waals surface area contributed by atoms with Crippen molar-refractivity contribution in [2.45, 2.75) is 6.54 Å². The zero-order valence-corrected chi connectivity index (χ0v) is 14.2. The van der Waals surface area contributed by atoms with Gasteiger partial charge in [0.2, 0.25) is 5.91 Å². The maximum Gasteiger partial charge on any atom is 0.239 e. The average molecular weight is 345 g/mol. The molecule has 0 spiro atoms. The van der Waals surface area contributed by atoms with E-state index >= 15 is 0 Å². The Morgan fingerprint density at radius 2 is 1.96 bits per heavy atom. The van der Waals surface area contributed by atoms with Crippen molar-refractivity contribution in [2.75, 3.05) is 25.0 Å². The van der Waals surface area contributed by atoms with Crippen molar-refractivity contribution in [1.29, 1.82) is 0 Å². The number of hydrogen-bond donors (Lipinski definition) is 1. The van der Waals surface area contributed by atoms with Gasteiger partial charge in [-0.2, -0.15) is 5.10 Å². The number of carbonyl (C=O) groups excluding carboxylic acids is 1. The summed E-state index contributed by atoms with van der Waals surface area (Å²) < 4.78 is 1.71. The van der Waals surface area contributed by atoms with E-state index in [1.165, 1.54) is 0 Å². The Morgan fingerprint density at radius 1 is 1.25 bits per heavy atom. The monoisotopic (exact) mass is 344 g/mol. The van der Waals surface area contributed by atoms with Gasteiger partial charge >= 0.3 is 0 Å². The number of aromatic nitrogens is 2. The summed E-state index contributed by atoms with van der Waals surface area (Å²) in [7, 11) is 0. The molecule has 0 bridgehead atoms. The molecule has 0 aliphatic carbocycles. The Bertz CT molecular complexity index is 701. The molecule has 1 amide bonds. The van der Waals surface area contributed by atoms with Crippen molar-refractivity contribution >= 4 is 23.3 Å². The van der Waals surface area contributed by atoms with Crippen LogP contribution in [0.1, 0.15) is 5.56 Å². The van der Waals surface area contributed by atoms with Gasteiger partial charge in [0.05, 0.1) is 19.3 Å². The number of benzene rings is 1. The van der Waals surface area contributed by atoms with Crippen LogP contribution in [-0.4, -0.2) is 40.2 Å². The first-order chi connectivity index (χ1) is 11.6. The lowest BCUT2D eigenvalue weighted by atomic mass is 10.2. The Morgan fingerprint density at radius 3 is 2.62 bits per heavy atom. The summed E-state index contributed by atoms with van der Waals surface area (Å²) in [6.07, 6.45) is 5.18. The zero-order valence-electron chi connectivity index (χ0n) is 13.5. The molecule has 0 saturated heterocycles. The maximum atomic E-state index is 12.3. The van der Waals surface area contributed by atoms with Gasteiger partial charge in [0.1, 0.15) is 5.82 Å². The minimum atomic E-state index is -0.111. The Balaban J connectivity index is 2.02. The number of amides is 1. The highest BCUT2D eigenvalue weighted by Crippen LogP contribution is 2.18. The number of carbonyl (C=O) groups is 1. The lowest BCUT2D eigenvalue weighted by Crippen LogP contribution is -2.34. The van der Waals surface area contributed by atoms with Gasteiger partial charge in [-0.3, -0.25) is 9.69 Å². The normalized spacial score (nSPS) is 10.6. The van der Waals surface area contributed by atoms with E-state index in [1.807, 2.05) is 29.2 Å². The largest absolute Gasteiger partial charge is 0.310 e. The quantitative estimate of drug-likeness (QED) is 0.711. The molecular formula is C18H21ClN4O. The van der Waals surface area contributed by atoms with E-state index in [9.17, 15) is 4.79 Å². The Hall–Kier alpha value is -2.37. The molecule has 0 unspecified atom stereocenters. The van der Waals surface area contributed by atoms with Gasteiger partial charge < -0.3 is 5.32 Å². The molecule has 1 aromatic heterocycles. The van der Waals surface area contributed by atoms with Crippen LogP contribution in [0.15, 0.2) is 61.8 Å². The smallest absolute Gasteiger partial charge is 0.239 e. The van der Waals surface area contributed by atoms with Crippen molar-refractivity contribution < 1.29 is 4.79 Å². The van der Waals surface area contributed by atoms with Crippen molar-refractivity contribution in [1.82, 2.24) is 14.7 Å². The van der Waals surface area contributed by atoms with E-state index < -0.39 is 0 Å². The van der Waals surface area contributed by atoms with E-state index in [4.69, 9.17) is 11.6 Å². The van der Waals surface area contributed by atoms with Gasteiger partial charge in [0.15, 0.2) is 0 Å². The molecule has 24 heavy (non-hydrogen) atoms. The van der Waals surface area contributed by atoms with Crippen LogP contribution in [0.25, 0.3) is 0 Å². The molecule has 0 radical (unpaired) electrons. The molecule has 0 atom stereocenters. The fourth-order valence-electron chi connectivity index (χ4n) is 2.31. The molecule has 5 nitrogen and oxygen atoms in total. The van der Waals surface area contributed by atoms with Crippen LogP contribution in [0, 0.1) is 0 Å². The summed E-state index contributed by atoms with van der Waals surface area (Å²) in [6.45, 7) is 9.40. The number of anilines is 1. The van der Waals surface area contributed by atoms with Gasteiger partial charge in [0, 0.05) is 24.2 Å². The summed E-state index contributed by atoms with van der Waals surface area (Å²) in [6, 6.07) is 9.34. The average Bonchev–Trinajstić information content (AvgIpc) is 2.97. The first-order valence-electron chi connectivity index (χ1n) is 7.63. The van der Waals surface area contributed by atoms with Gasteiger partial charge in [-0.1, -0.05) is 42.0 Å². The van der Waals surface area contributed by atoms with E-state index in [-0.39, 0.29) is 12.5 Å². The zero-order chi connectivity index (χ0) is 17.4. The number of nitrogens with one attached hydrogen (secondary N) is 1. The molecule has 2 rings (SSSR count). The minimum absolute atomic E-state index is 0.111. The van der Waals surface area contributed by atoms with Crippen LogP contribution in [0.3, 0.4) is 0 Å². The van der Waals surface area contributed by atoms with Crippen molar-refractivity contribution in [3.63, 3.8) is 0 Å². The summed E-state index contributed by atoms with van der Waals surface area (Å²) in [5.74, 6) is 0.525. The van der Waals surface area contributed by atoms with Crippen LogP contribution < -0.4 is 5.32 Å². The second-order valence-corrected chi connectivity index (χ2v) is 5.69. The molecule has 0 aliphatic heterocycles. The predicted molar refractivity (Wildman–Crippen MR) is 98.2 cm³/mol. The molecule has 1 heterocycles. The third-order valence-corrected chi connectivity index (χ3v) is 3.77. The first kappa shape index (κ1) is 18.0. The van der Waals surface area contributed by atoms with Crippen molar-refractivity contribution in [3.8, 4) is 0 Å². The molecule has 0 saturated carbocycles. The maximum absolute atomic E-state index is 12.3. The second kappa shape index (κ2) is 9.05. The second-order valence-electron chi connectivity index (χ2n) is 5.29. The van der Waals surface area contributed by atoms with E-state index in [0.717, 1.165) is 5.56 Å². The van der Waals surface area contributed by atoms with Gasteiger partial charge in [-0.05, 0) is 11.6 Å². The first-order valence-corrected chi connectivity index (χ1v) is 8.01. The van der Waals surface area contributed by atoms with Gasteiger partial charge in [-0.25, -0.2) is 4.68 Å². The van der Waals surface area contributed by atoms with Gasteiger partial charge in [-0.15, -0.1) is 13.2 Å². The fraction of sp³-hybridized carbons (Fsp3) is 0.222. The summed E-state index contributed by atoms with van der Waals surface area (Å²) >= 11 is 6.18. The number of halogens is 1. The van der Waals surface area contributed by atoms with Crippen LogP contribution in [0.4, 0.5) is 5.82 Å². The SMILES string of the molecule is C=CCN(CC=C)CC(=O)Nc1ccnn1Cc1ccccc1Cl. The molecule has 126 valence electrons. The third-order valence-electron chi connectivity index (χ3n) is 3.40. The van der Waals surface area contributed by atoms with Crippen LogP contribution in [-0.2, 0) is 11.3 Å². The van der Waals surface area contributed by atoms with Crippen LogP contribution in [0.2, 0.25) is 5.02 Å². The number of rotatable bonds is 9.